The SMILES string of the molecule is C#CC1C[C@H](n2cc(C)c(=O)[nH]c2=O)O[C@@H]1CO. The first-order valence-electron chi connectivity index (χ1n) is 5.61. The van der Waals surface area contributed by atoms with Crippen LogP contribution in [0, 0.1) is 25.2 Å². The highest BCUT2D eigenvalue weighted by atomic mass is 16.5. The van der Waals surface area contributed by atoms with Crippen molar-refractivity contribution in [2.45, 2.75) is 25.7 Å². The number of aliphatic hydroxyl groups excluding tert-OH is 1. The summed E-state index contributed by atoms with van der Waals surface area (Å²) in [4.78, 5) is 25.2. The number of aliphatic hydroxyl groups is 1. The molecule has 0 aliphatic carbocycles. The molecule has 2 N–H and O–H groups in total. The average Bonchev–Trinajstić information content (AvgIpc) is 2.76. The minimum absolute atomic E-state index is 0.192. The molecule has 0 amide bonds. The van der Waals surface area contributed by atoms with E-state index >= 15 is 0 Å². The molecule has 0 spiro atoms. The molecular formula is C12H14N2O4. The molecule has 1 aliphatic heterocycles. The van der Waals surface area contributed by atoms with Crippen molar-refractivity contribution in [1.82, 2.24) is 9.55 Å². The lowest BCUT2D eigenvalue weighted by atomic mass is 10.0. The first kappa shape index (κ1) is 12.6. The lowest BCUT2D eigenvalue weighted by Gasteiger charge is -2.14. The molecule has 1 aliphatic rings. The third kappa shape index (κ3) is 2.10. The Bertz CT molecular complexity index is 595. The van der Waals surface area contributed by atoms with Crippen LogP contribution in [0.4, 0.5) is 0 Å². The lowest BCUT2D eigenvalue weighted by Crippen LogP contribution is -2.33. The minimum atomic E-state index is -0.550. The van der Waals surface area contributed by atoms with Gasteiger partial charge in [0, 0.05) is 18.2 Å². The van der Waals surface area contributed by atoms with Crippen LogP contribution in [0.15, 0.2) is 15.8 Å². The van der Waals surface area contributed by atoms with Gasteiger partial charge in [0.2, 0.25) is 0 Å². The first-order valence-corrected chi connectivity index (χ1v) is 5.61. The van der Waals surface area contributed by atoms with Crippen molar-refractivity contribution >= 4 is 0 Å². The van der Waals surface area contributed by atoms with Crippen LogP contribution in [-0.2, 0) is 4.74 Å². The van der Waals surface area contributed by atoms with Crippen LogP contribution >= 0.6 is 0 Å². The molecular weight excluding hydrogens is 236 g/mol. The first-order chi connectivity index (χ1) is 8.56. The summed E-state index contributed by atoms with van der Waals surface area (Å²) in [6.45, 7) is 1.41. The molecule has 1 fully saturated rings. The minimum Gasteiger partial charge on any atom is -0.394 e. The fourth-order valence-corrected chi connectivity index (χ4v) is 2.05. The maximum Gasteiger partial charge on any atom is 0.330 e. The summed E-state index contributed by atoms with van der Waals surface area (Å²) in [5.41, 5.74) is -0.533. The second kappa shape index (κ2) is 4.80. The van der Waals surface area contributed by atoms with Gasteiger partial charge >= 0.3 is 5.69 Å². The summed E-state index contributed by atoms with van der Waals surface area (Å²) in [5, 5.41) is 9.13. The van der Waals surface area contributed by atoms with Gasteiger partial charge in [-0.1, -0.05) is 0 Å². The molecule has 2 rings (SSSR count). The second-order valence-corrected chi connectivity index (χ2v) is 4.30. The fourth-order valence-electron chi connectivity index (χ4n) is 2.05. The van der Waals surface area contributed by atoms with Crippen molar-refractivity contribution in [3.63, 3.8) is 0 Å². The molecule has 18 heavy (non-hydrogen) atoms. The Labute approximate surface area is 103 Å². The summed E-state index contributed by atoms with van der Waals surface area (Å²) < 4.78 is 6.83. The van der Waals surface area contributed by atoms with Gasteiger partial charge in [-0.2, -0.15) is 0 Å². The maximum atomic E-state index is 11.7. The predicted octanol–water partition coefficient (Wildman–Crippen LogP) is -0.626. The Morgan fingerprint density at radius 3 is 2.94 bits per heavy atom. The van der Waals surface area contributed by atoms with E-state index in [1.165, 1.54) is 10.8 Å². The van der Waals surface area contributed by atoms with E-state index < -0.39 is 23.6 Å². The average molecular weight is 250 g/mol. The Morgan fingerprint density at radius 2 is 2.39 bits per heavy atom. The summed E-state index contributed by atoms with van der Waals surface area (Å²) in [7, 11) is 0. The van der Waals surface area contributed by atoms with Crippen molar-refractivity contribution in [2.75, 3.05) is 6.61 Å². The number of nitrogens with zero attached hydrogens (tertiary/aromatic N) is 1. The molecule has 2 heterocycles. The van der Waals surface area contributed by atoms with E-state index in [1.807, 2.05) is 0 Å². The number of nitrogens with one attached hydrogen (secondary N) is 1. The van der Waals surface area contributed by atoms with E-state index in [2.05, 4.69) is 10.9 Å². The van der Waals surface area contributed by atoms with Gasteiger partial charge in [0.25, 0.3) is 5.56 Å². The van der Waals surface area contributed by atoms with Crippen molar-refractivity contribution in [3.05, 3.63) is 32.6 Å². The number of ether oxygens (including phenoxy) is 1. The molecule has 6 nitrogen and oxygen atoms in total. The molecule has 0 saturated carbocycles. The van der Waals surface area contributed by atoms with Crippen LogP contribution in [0.3, 0.4) is 0 Å². The van der Waals surface area contributed by atoms with E-state index in [-0.39, 0.29) is 12.5 Å². The van der Waals surface area contributed by atoms with Crippen molar-refractivity contribution in [2.24, 2.45) is 5.92 Å². The van der Waals surface area contributed by atoms with Gasteiger partial charge in [0.15, 0.2) is 0 Å². The maximum absolute atomic E-state index is 11.7. The monoisotopic (exact) mass is 250 g/mol. The van der Waals surface area contributed by atoms with Gasteiger partial charge in [0.05, 0.1) is 18.6 Å². The van der Waals surface area contributed by atoms with Gasteiger partial charge in [0.1, 0.15) is 6.23 Å². The molecule has 1 aromatic heterocycles. The fraction of sp³-hybridized carbons (Fsp3) is 0.500. The topological polar surface area (TPSA) is 84.3 Å². The number of aryl methyl sites for hydroxylation is 1. The number of rotatable bonds is 2. The molecule has 6 heteroatoms. The Kier molecular flexibility index (Phi) is 3.36. The van der Waals surface area contributed by atoms with E-state index in [9.17, 15) is 9.59 Å². The molecule has 1 aromatic rings. The van der Waals surface area contributed by atoms with E-state index in [4.69, 9.17) is 16.3 Å². The highest BCUT2D eigenvalue weighted by Crippen LogP contribution is 2.31. The van der Waals surface area contributed by atoms with Crippen LogP contribution in [0.2, 0.25) is 0 Å². The number of terminal acetylenes is 1. The molecule has 3 atom stereocenters. The third-order valence-electron chi connectivity index (χ3n) is 3.09. The van der Waals surface area contributed by atoms with Gasteiger partial charge in [-0.15, -0.1) is 12.3 Å². The Balaban J connectivity index is 2.35. The van der Waals surface area contributed by atoms with Crippen LogP contribution in [0.25, 0.3) is 0 Å². The predicted molar refractivity (Wildman–Crippen MR) is 64.0 cm³/mol. The van der Waals surface area contributed by atoms with Gasteiger partial charge < -0.3 is 9.84 Å². The van der Waals surface area contributed by atoms with Crippen LogP contribution < -0.4 is 11.2 Å². The summed E-state index contributed by atoms with van der Waals surface area (Å²) in [5.74, 6) is 2.30. The van der Waals surface area contributed by atoms with Crippen LogP contribution in [0.1, 0.15) is 18.2 Å². The zero-order valence-electron chi connectivity index (χ0n) is 9.92. The molecule has 0 radical (unpaired) electrons. The van der Waals surface area contributed by atoms with Gasteiger partial charge in [-0.3, -0.25) is 14.3 Å². The zero-order valence-corrected chi connectivity index (χ0v) is 9.92. The van der Waals surface area contributed by atoms with Crippen LogP contribution in [-0.4, -0.2) is 27.4 Å². The molecule has 0 aromatic carbocycles. The van der Waals surface area contributed by atoms with E-state index in [0.717, 1.165) is 0 Å². The Hall–Kier alpha value is -1.84. The smallest absolute Gasteiger partial charge is 0.330 e. The number of aromatic nitrogens is 2. The van der Waals surface area contributed by atoms with E-state index in [1.54, 1.807) is 6.92 Å². The van der Waals surface area contributed by atoms with E-state index in [0.29, 0.717) is 12.0 Å². The standard InChI is InChI=1S/C12H14N2O4/c1-3-8-4-10(18-9(8)6-15)14-5-7(2)11(16)13-12(14)17/h1,5,8-10,15H,4,6H2,2H3,(H,13,16,17)/t8?,9-,10-/m1/s1. The van der Waals surface area contributed by atoms with Gasteiger partial charge in [-0.05, 0) is 6.92 Å². The summed E-state index contributed by atoms with van der Waals surface area (Å²) in [6, 6.07) is 0. The number of H-pyrrole nitrogens is 1. The van der Waals surface area contributed by atoms with Crippen molar-refractivity contribution < 1.29 is 9.84 Å². The van der Waals surface area contributed by atoms with Crippen LogP contribution in [0.5, 0.6) is 0 Å². The normalized spacial score (nSPS) is 27.1. The third-order valence-corrected chi connectivity index (χ3v) is 3.09. The highest BCUT2D eigenvalue weighted by molar-refractivity contribution is 5.04. The van der Waals surface area contributed by atoms with Gasteiger partial charge in [-0.25, -0.2) is 4.79 Å². The molecule has 0 bridgehead atoms. The summed E-state index contributed by atoms with van der Waals surface area (Å²) in [6.07, 6.45) is 6.20. The largest absolute Gasteiger partial charge is 0.394 e. The molecule has 96 valence electrons. The van der Waals surface area contributed by atoms with Crippen molar-refractivity contribution in [1.29, 1.82) is 0 Å². The number of hydrogen-bond donors (Lipinski definition) is 2. The summed E-state index contributed by atoms with van der Waals surface area (Å²) >= 11 is 0. The Morgan fingerprint density at radius 1 is 1.67 bits per heavy atom. The lowest BCUT2D eigenvalue weighted by molar-refractivity contribution is -0.0289. The number of aromatic amines is 1. The highest BCUT2D eigenvalue weighted by Gasteiger charge is 2.35. The van der Waals surface area contributed by atoms with Crippen molar-refractivity contribution in [3.8, 4) is 12.3 Å². The quantitative estimate of drug-likeness (QED) is 0.685. The second-order valence-electron chi connectivity index (χ2n) is 4.30. The zero-order chi connectivity index (χ0) is 13.3. The number of hydrogen-bond acceptors (Lipinski definition) is 4. The molecule has 1 saturated heterocycles. The molecule has 1 unspecified atom stereocenters.